The Hall–Kier alpha value is -2.03. The van der Waals surface area contributed by atoms with E-state index < -0.39 is 0 Å². The molecule has 0 spiro atoms. The van der Waals surface area contributed by atoms with Gasteiger partial charge in [0.05, 0.1) is 0 Å². The summed E-state index contributed by atoms with van der Waals surface area (Å²) in [6.45, 7) is 7.36. The van der Waals surface area contributed by atoms with Crippen molar-refractivity contribution < 1.29 is 14.6 Å². The van der Waals surface area contributed by atoms with Gasteiger partial charge >= 0.3 is 5.97 Å². The highest BCUT2D eigenvalue weighted by Gasteiger charge is 2.35. The van der Waals surface area contributed by atoms with Crippen molar-refractivity contribution in [3.8, 4) is 5.75 Å². The van der Waals surface area contributed by atoms with Crippen molar-refractivity contribution in [1.29, 1.82) is 0 Å². The Morgan fingerprint density at radius 1 is 1.35 bits per heavy atom. The maximum Gasteiger partial charge on any atom is 0.333 e. The van der Waals surface area contributed by atoms with Crippen LogP contribution in [0, 0.1) is 0 Å². The summed E-state index contributed by atoms with van der Waals surface area (Å²) in [5.41, 5.74) is 2.79. The van der Waals surface area contributed by atoms with Crippen LogP contribution >= 0.6 is 0 Å². The molecule has 1 N–H and O–H groups in total. The summed E-state index contributed by atoms with van der Waals surface area (Å²) in [5, 5.41) is 9.06. The topological polar surface area (TPSA) is 46.5 Å². The first kappa shape index (κ1) is 17.3. The molecule has 3 rings (SSSR count). The van der Waals surface area contributed by atoms with Gasteiger partial charge < -0.3 is 9.84 Å². The number of phenolic OH excluding ortho intramolecular Hbond substituents is 1. The third kappa shape index (κ3) is 4.47. The highest BCUT2D eigenvalue weighted by molar-refractivity contribution is 5.87. The van der Waals surface area contributed by atoms with Crippen LogP contribution in [0.15, 0.2) is 36.4 Å². The van der Waals surface area contributed by atoms with E-state index in [4.69, 9.17) is 9.84 Å². The van der Waals surface area contributed by atoms with Gasteiger partial charge in [-0.1, -0.05) is 31.7 Å². The summed E-state index contributed by atoms with van der Waals surface area (Å²) in [4.78, 5) is 11.3. The van der Waals surface area contributed by atoms with Crippen LogP contribution in [0.25, 0.3) is 6.08 Å². The average molecular weight is 314 g/mol. The Balaban J connectivity index is 0.000000172. The molecule has 23 heavy (non-hydrogen) atoms. The number of carbonyl (C=O) groups excluding carboxylic acids is 1. The molecule has 0 amide bonds. The van der Waals surface area contributed by atoms with Crippen molar-refractivity contribution in [1.82, 2.24) is 0 Å². The molecule has 0 unspecified atom stereocenters. The molecule has 1 aromatic carbocycles. The van der Waals surface area contributed by atoms with Crippen LogP contribution in [0.4, 0.5) is 0 Å². The number of hydrogen-bond donors (Lipinski definition) is 1. The Kier molecular flexibility index (Phi) is 5.64. The number of benzene rings is 1. The number of fused-ring (bicyclic) bond motifs is 1. The highest BCUT2D eigenvalue weighted by atomic mass is 16.6. The molecule has 1 aromatic rings. The van der Waals surface area contributed by atoms with E-state index in [0.29, 0.717) is 11.3 Å². The second-order valence-corrected chi connectivity index (χ2v) is 6.40. The highest BCUT2D eigenvalue weighted by Crippen LogP contribution is 2.36. The van der Waals surface area contributed by atoms with Gasteiger partial charge in [0.1, 0.15) is 11.4 Å². The Bertz CT molecular complexity index is 607. The molecule has 2 aliphatic carbocycles. The van der Waals surface area contributed by atoms with Crippen molar-refractivity contribution >= 4 is 12.0 Å². The fraction of sp³-hybridized carbons (Fsp3) is 0.450. The Morgan fingerprint density at radius 2 is 2.04 bits per heavy atom. The molecule has 3 nitrogen and oxygen atoms in total. The minimum Gasteiger partial charge on any atom is -0.508 e. The van der Waals surface area contributed by atoms with E-state index in [1.807, 2.05) is 12.1 Å². The number of allylic oxidation sites excluding steroid dienone is 1. The van der Waals surface area contributed by atoms with Crippen molar-refractivity contribution in [3.63, 3.8) is 0 Å². The van der Waals surface area contributed by atoms with Crippen LogP contribution in [0.1, 0.15) is 57.1 Å². The zero-order valence-electron chi connectivity index (χ0n) is 14.1. The lowest BCUT2D eigenvalue weighted by Gasteiger charge is -2.27. The summed E-state index contributed by atoms with van der Waals surface area (Å²) in [6, 6.07) is 5.48. The van der Waals surface area contributed by atoms with E-state index in [1.54, 1.807) is 19.1 Å². The third-order valence-corrected chi connectivity index (χ3v) is 4.58. The van der Waals surface area contributed by atoms with E-state index in [1.165, 1.54) is 18.4 Å². The lowest BCUT2D eigenvalue weighted by atomic mass is 9.99. The maximum atomic E-state index is 11.3. The number of esters is 1. The molecule has 1 fully saturated rings. The van der Waals surface area contributed by atoms with E-state index in [-0.39, 0.29) is 11.6 Å². The monoisotopic (exact) mass is 314 g/mol. The molecule has 3 heteroatoms. The fourth-order valence-corrected chi connectivity index (χ4v) is 3.07. The van der Waals surface area contributed by atoms with Crippen molar-refractivity contribution in [2.24, 2.45) is 0 Å². The van der Waals surface area contributed by atoms with E-state index in [0.717, 1.165) is 31.2 Å². The van der Waals surface area contributed by atoms with Gasteiger partial charge in [-0.05, 0) is 68.7 Å². The number of phenols is 1. The molecule has 0 atom stereocenters. The minimum absolute atomic E-state index is 0.171. The van der Waals surface area contributed by atoms with Crippen LogP contribution in [-0.2, 0) is 16.0 Å². The summed E-state index contributed by atoms with van der Waals surface area (Å²) in [6.07, 6.45) is 10.5. The Labute approximate surface area is 138 Å². The second-order valence-electron chi connectivity index (χ2n) is 6.40. The molecule has 0 heterocycles. The summed E-state index contributed by atoms with van der Waals surface area (Å²) in [5.74, 6) is 0.119. The fourth-order valence-electron chi connectivity index (χ4n) is 3.07. The summed E-state index contributed by atoms with van der Waals surface area (Å²) >= 11 is 0. The molecule has 0 aliphatic heterocycles. The van der Waals surface area contributed by atoms with Crippen molar-refractivity contribution in [2.45, 2.75) is 58.0 Å². The number of rotatable bonds is 3. The van der Waals surface area contributed by atoms with E-state index in [9.17, 15) is 4.79 Å². The first-order valence-corrected chi connectivity index (χ1v) is 8.33. The zero-order valence-corrected chi connectivity index (χ0v) is 14.1. The zero-order chi connectivity index (χ0) is 16.9. The van der Waals surface area contributed by atoms with Gasteiger partial charge in [-0.2, -0.15) is 0 Å². The standard InChI is InChI=1S/C11H18O2.C9H8O/c1-4-11(7-5-6-8-11)13-10(12)9(2)3;10-9-5-4-7-2-1-3-8(7)6-9/h2,4-8H2,1,3H3;1,3-6,10H,2H2. The number of ether oxygens (including phenoxy) is 1. The van der Waals surface area contributed by atoms with E-state index >= 15 is 0 Å². The second kappa shape index (κ2) is 7.49. The molecule has 124 valence electrons. The SMILES string of the molecule is C=C(C)C(=O)OC1(CC)CCCC1.Oc1ccc2c(c1)C=CC2. The predicted octanol–water partition coefficient (Wildman–Crippen LogP) is 4.79. The van der Waals surface area contributed by atoms with Gasteiger partial charge in [0.15, 0.2) is 0 Å². The minimum atomic E-state index is -0.233. The third-order valence-electron chi connectivity index (χ3n) is 4.58. The molecular formula is C20H26O3. The molecule has 1 saturated carbocycles. The number of hydrogen-bond acceptors (Lipinski definition) is 3. The van der Waals surface area contributed by atoms with Gasteiger partial charge in [0, 0.05) is 5.57 Å². The van der Waals surface area contributed by atoms with E-state index in [2.05, 4.69) is 19.6 Å². The van der Waals surface area contributed by atoms with Gasteiger partial charge in [-0.25, -0.2) is 4.79 Å². The van der Waals surface area contributed by atoms with Gasteiger partial charge in [0.25, 0.3) is 0 Å². The van der Waals surface area contributed by atoms with Crippen molar-refractivity contribution in [3.05, 3.63) is 47.6 Å². The van der Waals surface area contributed by atoms with Gasteiger partial charge in [0.2, 0.25) is 0 Å². The molecular weight excluding hydrogens is 288 g/mol. The van der Waals surface area contributed by atoms with Crippen LogP contribution in [0.3, 0.4) is 0 Å². The van der Waals surface area contributed by atoms with Crippen LogP contribution < -0.4 is 0 Å². The predicted molar refractivity (Wildman–Crippen MR) is 93.2 cm³/mol. The Morgan fingerprint density at radius 3 is 2.65 bits per heavy atom. The summed E-state index contributed by atoms with van der Waals surface area (Å²) < 4.78 is 5.47. The number of carbonyl (C=O) groups is 1. The maximum absolute atomic E-state index is 11.3. The molecule has 0 radical (unpaired) electrons. The quantitative estimate of drug-likeness (QED) is 0.644. The largest absolute Gasteiger partial charge is 0.508 e. The van der Waals surface area contributed by atoms with Crippen LogP contribution in [-0.4, -0.2) is 16.7 Å². The lowest BCUT2D eigenvalue weighted by molar-refractivity contribution is -0.154. The first-order valence-electron chi connectivity index (χ1n) is 8.33. The first-order chi connectivity index (χ1) is 11.0. The normalized spacial score (nSPS) is 17.1. The average Bonchev–Trinajstić information content (AvgIpc) is 3.16. The summed E-state index contributed by atoms with van der Waals surface area (Å²) in [7, 11) is 0. The van der Waals surface area contributed by atoms with Crippen LogP contribution in [0.5, 0.6) is 5.75 Å². The lowest BCUT2D eigenvalue weighted by Crippen LogP contribution is -2.31. The molecule has 0 aromatic heterocycles. The van der Waals surface area contributed by atoms with Gasteiger partial charge in [-0.15, -0.1) is 0 Å². The molecule has 0 saturated heterocycles. The van der Waals surface area contributed by atoms with Gasteiger partial charge in [-0.3, -0.25) is 0 Å². The van der Waals surface area contributed by atoms with Crippen LogP contribution in [0.2, 0.25) is 0 Å². The molecule has 2 aliphatic rings. The van der Waals surface area contributed by atoms with Crippen molar-refractivity contribution in [2.75, 3.05) is 0 Å². The molecule has 0 bridgehead atoms. The number of aromatic hydroxyl groups is 1. The smallest absolute Gasteiger partial charge is 0.333 e.